The molecule has 0 amide bonds. The van der Waals surface area contributed by atoms with Gasteiger partial charge in [-0.15, -0.1) is 0 Å². The molecule has 1 atom stereocenters. The second kappa shape index (κ2) is 6.64. The molecule has 0 aliphatic carbocycles. The van der Waals surface area contributed by atoms with E-state index in [1.54, 1.807) is 7.11 Å². The molecule has 0 radical (unpaired) electrons. The zero-order valence-corrected chi connectivity index (χ0v) is 11.5. The molecule has 0 spiro atoms. The minimum atomic E-state index is 0.343. The lowest BCUT2D eigenvalue weighted by Crippen LogP contribution is -2.29. The summed E-state index contributed by atoms with van der Waals surface area (Å²) in [4.78, 5) is 2.48. The summed E-state index contributed by atoms with van der Waals surface area (Å²) in [5, 5.41) is 3.43. The van der Waals surface area contributed by atoms with Crippen molar-refractivity contribution in [3.8, 4) is 0 Å². The van der Waals surface area contributed by atoms with Crippen molar-refractivity contribution < 1.29 is 4.74 Å². The Bertz CT molecular complexity index is 344. The van der Waals surface area contributed by atoms with Crippen LogP contribution in [0.3, 0.4) is 0 Å². The van der Waals surface area contributed by atoms with Crippen LogP contribution in [0, 0.1) is 0 Å². The number of rotatable bonds is 5. The molecule has 2 rings (SSSR count). The van der Waals surface area contributed by atoms with Gasteiger partial charge < -0.3 is 15.0 Å². The van der Waals surface area contributed by atoms with Gasteiger partial charge in [0, 0.05) is 37.6 Å². The lowest BCUT2D eigenvalue weighted by molar-refractivity contribution is 0.190. The van der Waals surface area contributed by atoms with Gasteiger partial charge in [-0.2, -0.15) is 0 Å². The van der Waals surface area contributed by atoms with Crippen molar-refractivity contribution >= 4 is 11.4 Å². The van der Waals surface area contributed by atoms with Gasteiger partial charge in [-0.05, 0) is 50.5 Å². The van der Waals surface area contributed by atoms with Crippen LogP contribution in [0.25, 0.3) is 0 Å². The zero-order chi connectivity index (χ0) is 12.8. The molecule has 1 fully saturated rings. The number of methoxy groups -OCH3 is 1. The largest absolute Gasteiger partial charge is 0.383 e. The number of hydrogen-bond donors (Lipinski definition) is 1. The highest BCUT2D eigenvalue weighted by atomic mass is 16.5. The van der Waals surface area contributed by atoms with E-state index in [4.69, 9.17) is 4.74 Å². The molecular formula is C15H24N2O. The molecule has 1 aliphatic heterocycles. The van der Waals surface area contributed by atoms with E-state index in [1.165, 1.54) is 43.7 Å². The van der Waals surface area contributed by atoms with Crippen molar-refractivity contribution in [2.75, 3.05) is 37.0 Å². The summed E-state index contributed by atoms with van der Waals surface area (Å²) in [6, 6.07) is 9.10. The topological polar surface area (TPSA) is 24.5 Å². The van der Waals surface area contributed by atoms with Gasteiger partial charge in [0.15, 0.2) is 0 Å². The highest BCUT2D eigenvalue weighted by Crippen LogP contribution is 2.22. The van der Waals surface area contributed by atoms with Gasteiger partial charge in [-0.1, -0.05) is 0 Å². The molecular weight excluding hydrogens is 224 g/mol. The third kappa shape index (κ3) is 3.64. The van der Waals surface area contributed by atoms with Crippen molar-refractivity contribution in [1.82, 2.24) is 0 Å². The van der Waals surface area contributed by atoms with Crippen LogP contribution in [0.5, 0.6) is 0 Å². The minimum absolute atomic E-state index is 0.343. The molecule has 18 heavy (non-hydrogen) atoms. The summed E-state index contributed by atoms with van der Waals surface area (Å²) in [6.07, 6.45) is 4.03. The fraction of sp³-hybridized carbons (Fsp3) is 0.600. The predicted molar refractivity (Wildman–Crippen MR) is 77.5 cm³/mol. The number of anilines is 2. The van der Waals surface area contributed by atoms with Crippen molar-refractivity contribution in [1.29, 1.82) is 0 Å². The first-order chi connectivity index (χ1) is 8.79. The summed E-state index contributed by atoms with van der Waals surface area (Å²) >= 11 is 0. The van der Waals surface area contributed by atoms with E-state index in [0.717, 1.165) is 6.61 Å². The summed E-state index contributed by atoms with van der Waals surface area (Å²) in [7, 11) is 1.73. The van der Waals surface area contributed by atoms with Gasteiger partial charge in [-0.3, -0.25) is 0 Å². The Labute approximate surface area is 110 Å². The Morgan fingerprint density at radius 3 is 2.44 bits per heavy atom. The first kappa shape index (κ1) is 13.2. The Morgan fingerprint density at radius 2 is 1.83 bits per heavy atom. The minimum Gasteiger partial charge on any atom is -0.383 e. The molecule has 3 heteroatoms. The number of nitrogens with one attached hydrogen (secondary N) is 1. The molecule has 1 heterocycles. The summed E-state index contributed by atoms with van der Waals surface area (Å²) in [6.45, 7) is 5.26. The lowest BCUT2D eigenvalue weighted by atomic mass is 10.1. The average Bonchev–Trinajstić information content (AvgIpc) is 2.41. The van der Waals surface area contributed by atoms with E-state index < -0.39 is 0 Å². The Morgan fingerprint density at radius 1 is 1.17 bits per heavy atom. The fourth-order valence-corrected chi connectivity index (χ4v) is 2.50. The first-order valence-corrected chi connectivity index (χ1v) is 6.90. The molecule has 1 saturated heterocycles. The molecule has 100 valence electrons. The van der Waals surface area contributed by atoms with E-state index in [-0.39, 0.29) is 0 Å². The van der Waals surface area contributed by atoms with E-state index in [0.29, 0.717) is 6.04 Å². The van der Waals surface area contributed by atoms with Crippen LogP contribution in [-0.2, 0) is 4.74 Å². The smallest absolute Gasteiger partial charge is 0.0661 e. The van der Waals surface area contributed by atoms with Gasteiger partial charge in [0.1, 0.15) is 0 Å². The second-order valence-electron chi connectivity index (χ2n) is 5.10. The standard InChI is InChI=1S/C15H24N2O/c1-13(12-18-2)16-14-6-8-15(9-7-14)17-10-4-3-5-11-17/h6-9,13,16H,3-5,10-12H2,1-2H3. The van der Waals surface area contributed by atoms with Crippen LogP contribution in [0.15, 0.2) is 24.3 Å². The summed E-state index contributed by atoms with van der Waals surface area (Å²) < 4.78 is 5.12. The maximum Gasteiger partial charge on any atom is 0.0661 e. The molecule has 0 saturated carbocycles. The number of nitrogens with zero attached hydrogens (tertiary/aromatic N) is 1. The van der Waals surface area contributed by atoms with Gasteiger partial charge >= 0.3 is 0 Å². The molecule has 0 bridgehead atoms. The van der Waals surface area contributed by atoms with Crippen molar-refractivity contribution in [2.45, 2.75) is 32.2 Å². The summed E-state index contributed by atoms with van der Waals surface area (Å²) in [5.74, 6) is 0. The fourth-order valence-electron chi connectivity index (χ4n) is 2.50. The second-order valence-corrected chi connectivity index (χ2v) is 5.10. The molecule has 0 aromatic heterocycles. The van der Waals surface area contributed by atoms with Crippen LogP contribution in [0.1, 0.15) is 26.2 Å². The molecule has 1 unspecified atom stereocenters. The molecule has 1 aromatic rings. The maximum absolute atomic E-state index is 5.12. The Kier molecular flexibility index (Phi) is 4.88. The molecule has 1 aliphatic rings. The van der Waals surface area contributed by atoms with Crippen LogP contribution < -0.4 is 10.2 Å². The van der Waals surface area contributed by atoms with E-state index in [1.807, 2.05) is 0 Å². The maximum atomic E-state index is 5.12. The predicted octanol–water partition coefficient (Wildman–Crippen LogP) is 3.12. The quantitative estimate of drug-likeness (QED) is 0.866. The van der Waals surface area contributed by atoms with Crippen molar-refractivity contribution in [3.05, 3.63) is 24.3 Å². The number of piperidine rings is 1. The lowest BCUT2D eigenvalue weighted by Gasteiger charge is -2.29. The third-order valence-corrected chi connectivity index (χ3v) is 3.42. The summed E-state index contributed by atoms with van der Waals surface area (Å²) in [5.41, 5.74) is 2.51. The van der Waals surface area contributed by atoms with Crippen LogP contribution in [-0.4, -0.2) is 32.8 Å². The zero-order valence-electron chi connectivity index (χ0n) is 11.5. The number of hydrogen-bond acceptors (Lipinski definition) is 3. The third-order valence-electron chi connectivity index (χ3n) is 3.42. The van der Waals surface area contributed by atoms with Crippen LogP contribution in [0.2, 0.25) is 0 Å². The van der Waals surface area contributed by atoms with Gasteiger partial charge in [0.25, 0.3) is 0 Å². The number of benzene rings is 1. The highest BCUT2D eigenvalue weighted by Gasteiger charge is 2.10. The van der Waals surface area contributed by atoms with E-state index in [2.05, 4.69) is 41.4 Å². The first-order valence-electron chi connectivity index (χ1n) is 6.90. The van der Waals surface area contributed by atoms with Crippen LogP contribution >= 0.6 is 0 Å². The van der Waals surface area contributed by atoms with Crippen LogP contribution in [0.4, 0.5) is 11.4 Å². The highest BCUT2D eigenvalue weighted by molar-refractivity contribution is 5.55. The van der Waals surface area contributed by atoms with Crippen molar-refractivity contribution in [3.63, 3.8) is 0 Å². The van der Waals surface area contributed by atoms with Gasteiger partial charge in [-0.25, -0.2) is 0 Å². The number of ether oxygens (including phenoxy) is 1. The molecule has 1 N–H and O–H groups in total. The molecule has 3 nitrogen and oxygen atoms in total. The Hall–Kier alpha value is -1.22. The van der Waals surface area contributed by atoms with E-state index >= 15 is 0 Å². The Balaban J connectivity index is 1.92. The van der Waals surface area contributed by atoms with Crippen molar-refractivity contribution in [2.24, 2.45) is 0 Å². The SMILES string of the molecule is COCC(C)Nc1ccc(N2CCCCC2)cc1. The molecule has 1 aromatic carbocycles. The monoisotopic (exact) mass is 248 g/mol. The average molecular weight is 248 g/mol. The van der Waals surface area contributed by atoms with Gasteiger partial charge in [0.2, 0.25) is 0 Å². The van der Waals surface area contributed by atoms with E-state index in [9.17, 15) is 0 Å². The normalized spacial score (nSPS) is 17.6. The van der Waals surface area contributed by atoms with Gasteiger partial charge in [0.05, 0.1) is 6.61 Å².